The third-order valence-electron chi connectivity index (χ3n) is 7.29. The molecule has 3 aliphatic rings. The predicted octanol–water partition coefficient (Wildman–Crippen LogP) is 3.79. The Labute approximate surface area is 196 Å². The highest BCUT2D eigenvalue weighted by molar-refractivity contribution is 7.88. The average Bonchev–Trinajstić information content (AvgIpc) is 3.41. The zero-order valence-corrected chi connectivity index (χ0v) is 20.5. The highest BCUT2D eigenvalue weighted by Crippen LogP contribution is 2.42. The smallest absolute Gasteiger partial charge is 0.221 e. The van der Waals surface area contributed by atoms with Gasteiger partial charge in [-0.05, 0) is 60.9 Å². The third-order valence-corrected chi connectivity index (χ3v) is 7.88. The number of hydrogen-bond acceptors (Lipinski definition) is 6. The highest BCUT2D eigenvalue weighted by Gasteiger charge is 2.30. The maximum atomic E-state index is 11.6. The molecule has 0 saturated carbocycles. The van der Waals surface area contributed by atoms with Crippen molar-refractivity contribution in [1.82, 2.24) is 14.7 Å². The van der Waals surface area contributed by atoms with Crippen LogP contribution < -0.4 is 9.72 Å². The fourth-order valence-corrected chi connectivity index (χ4v) is 6.20. The Hall–Kier alpha value is -1.97. The van der Waals surface area contributed by atoms with Crippen LogP contribution in [0.15, 0.2) is 30.3 Å². The first-order valence-corrected chi connectivity index (χ1v) is 13.7. The summed E-state index contributed by atoms with van der Waals surface area (Å²) in [5.41, 5.74) is 7.56. The van der Waals surface area contributed by atoms with Crippen LogP contribution in [-0.2, 0) is 41.0 Å². The van der Waals surface area contributed by atoms with Crippen LogP contribution in [0.5, 0.6) is 5.75 Å². The second-order valence-electron chi connectivity index (χ2n) is 9.57. The second kappa shape index (κ2) is 9.00. The molecule has 2 aliphatic heterocycles. The van der Waals surface area contributed by atoms with Crippen molar-refractivity contribution < 1.29 is 18.2 Å². The van der Waals surface area contributed by atoms with Gasteiger partial charge in [0.1, 0.15) is 6.61 Å². The maximum absolute atomic E-state index is 11.6. The van der Waals surface area contributed by atoms with Gasteiger partial charge < -0.3 is 4.89 Å². The summed E-state index contributed by atoms with van der Waals surface area (Å²) >= 11 is 0. The zero-order chi connectivity index (χ0) is 23.2. The Morgan fingerprint density at radius 2 is 1.97 bits per heavy atom. The van der Waals surface area contributed by atoms with Gasteiger partial charge in [-0.3, -0.25) is 4.90 Å². The molecule has 2 atom stereocenters. The van der Waals surface area contributed by atoms with E-state index in [1.165, 1.54) is 46.9 Å². The molecule has 2 aromatic carbocycles. The molecule has 1 unspecified atom stereocenters. The van der Waals surface area contributed by atoms with Crippen LogP contribution in [0.2, 0.25) is 0 Å². The normalized spacial score (nSPS) is 20.9. The summed E-state index contributed by atoms with van der Waals surface area (Å²) in [6, 6.07) is 11.3. The van der Waals surface area contributed by atoms with E-state index in [-0.39, 0.29) is 6.04 Å². The number of fused-ring (bicyclic) bond motifs is 4. The SMILES string of the molecule is CCN(C[C@@H]1CCCc2c1ccc1c2OOC1)C(C)c1ccc2c(c1)CN(NS(C)(=O)=O)C2. The fraction of sp³-hybridized carbons (Fsp3) is 0.520. The van der Waals surface area contributed by atoms with Gasteiger partial charge in [0.15, 0.2) is 5.75 Å². The molecule has 7 nitrogen and oxygen atoms in total. The van der Waals surface area contributed by atoms with Crippen LogP contribution >= 0.6 is 0 Å². The van der Waals surface area contributed by atoms with E-state index < -0.39 is 10.0 Å². The predicted molar refractivity (Wildman–Crippen MR) is 127 cm³/mol. The van der Waals surface area contributed by atoms with Crippen molar-refractivity contribution >= 4 is 10.0 Å². The van der Waals surface area contributed by atoms with E-state index in [2.05, 4.69) is 53.9 Å². The van der Waals surface area contributed by atoms with E-state index in [0.29, 0.717) is 25.6 Å². The van der Waals surface area contributed by atoms with Gasteiger partial charge in [-0.15, -0.1) is 4.83 Å². The molecule has 0 saturated heterocycles. The Balaban J connectivity index is 1.32. The van der Waals surface area contributed by atoms with E-state index in [9.17, 15) is 8.42 Å². The molecule has 2 heterocycles. The zero-order valence-electron chi connectivity index (χ0n) is 19.6. The average molecular weight is 472 g/mol. The van der Waals surface area contributed by atoms with Gasteiger partial charge in [-0.25, -0.2) is 13.4 Å². The van der Waals surface area contributed by atoms with Gasteiger partial charge in [0.25, 0.3) is 0 Å². The van der Waals surface area contributed by atoms with Crippen molar-refractivity contribution in [3.05, 3.63) is 63.7 Å². The Kier molecular flexibility index (Phi) is 6.22. The summed E-state index contributed by atoms with van der Waals surface area (Å²) < 4.78 is 23.2. The van der Waals surface area contributed by atoms with Crippen LogP contribution in [0.1, 0.15) is 72.0 Å². The minimum absolute atomic E-state index is 0.275. The van der Waals surface area contributed by atoms with E-state index in [1.54, 1.807) is 5.01 Å². The molecular formula is C25H33N3O4S. The van der Waals surface area contributed by atoms with Gasteiger partial charge in [0.05, 0.1) is 6.26 Å². The van der Waals surface area contributed by atoms with Crippen molar-refractivity contribution in [2.24, 2.45) is 0 Å². The van der Waals surface area contributed by atoms with Crippen molar-refractivity contribution in [2.45, 2.75) is 64.8 Å². The molecule has 8 heteroatoms. The molecule has 0 spiro atoms. The summed E-state index contributed by atoms with van der Waals surface area (Å²) in [5.74, 6) is 1.44. The minimum atomic E-state index is -3.26. The largest absolute Gasteiger partial charge is 0.337 e. The van der Waals surface area contributed by atoms with Crippen LogP contribution in [0.3, 0.4) is 0 Å². The molecular weight excluding hydrogens is 438 g/mol. The summed E-state index contributed by atoms with van der Waals surface area (Å²) in [5, 5.41) is 1.76. The van der Waals surface area contributed by atoms with Crippen LogP contribution in [0.25, 0.3) is 0 Å². The molecule has 0 radical (unpaired) electrons. The number of hydrazine groups is 1. The quantitative estimate of drug-likeness (QED) is 0.620. The molecule has 1 aliphatic carbocycles. The van der Waals surface area contributed by atoms with E-state index >= 15 is 0 Å². The summed E-state index contributed by atoms with van der Waals surface area (Å²) in [7, 11) is -3.26. The number of likely N-dealkylation sites (N-methyl/N-ethyl adjacent to an activating group) is 1. The minimum Gasteiger partial charge on any atom is -0.337 e. The van der Waals surface area contributed by atoms with Crippen LogP contribution in [-0.4, -0.2) is 37.7 Å². The van der Waals surface area contributed by atoms with Crippen LogP contribution in [0.4, 0.5) is 0 Å². The second-order valence-corrected chi connectivity index (χ2v) is 11.3. The monoisotopic (exact) mass is 471 g/mol. The van der Waals surface area contributed by atoms with Gasteiger partial charge in [-0.1, -0.05) is 37.3 Å². The van der Waals surface area contributed by atoms with E-state index in [4.69, 9.17) is 9.78 Å². The van der Waals surface area contributed by atoms with Crippen molar-refractivity contribution in [3.8, 4) is 5.75 Å². The molecule has 178 valence electrons. The Bertz CT molecular complexity index is 1150. The van der Waals surface area contributed by atoms with Gasteiger partial charge >= 0.3 is 0 Å². The first kappa shape index (κ1) is 22.8. The Morgan fingerprint density at radius 3 is 2.76 bits per heavy atom. The number of nitrogens with zero attached hydrogens (tertiary/aromatic N) is 2. The molecule has 1 N–H and O–H groups in total. The standard InChI is InChI=1S/C25H33N3O4S/c1-4-27(13-20-6-5-7-24-23(20)11-10-21-16-31-32-25(21)24)17(2)18-8-9-19-14-28(15-22(19)12-18)26-33(3,29)30/h8-12,17,20,26H,4-7,13-16H2,1-3H3/t17?,20-/m0/s1. The van der Waals surface area contributed by atoms with Gasteiger partial charge in [0.2, 0.25) is 10.0 Å². The number of benzene rings is 2. The third kappa shape index (κ3) is 4.68. The van der Waals surface area contributed by atoms with E-state index in [1.807, 2.05) is 0 Å². The molecule has 5 rings (SSSR count). The lowest BCUT2D eigenvalue weighted by Crippen LogP contribution is -2.37. The number of hydrogen-bond donors (Lipinski definition) is 1. The molecule has 0 amide bonds. The number of rotatable bonds is 7. The van der Waals surface area contributed by atoms with Crippen molar-refractivity contribution in [2.75, 3.05) is 19.3 Å². The lowest BCUT2D eigenvalue weighted by atomic mass is 9.81. The molecule has 0 bridgehead atoms. The van der Waals surface area contributed by atoms with Crippen molar-refractivity contribution in [1.29, 1.82) is 0 Å². The highest BCUT2D eigenvalue weighted by atomic mass is 32.2. The van der Waals surface area contributed by atoms with Crippen molar-refractivity contribution in [3.63, 3.8) is 0 Å². The molecule has 0 fully saturated rings. The van der Waals surface area contributed by atoms with E-state index in [0.717, 1.165) is 30.8 Å². The number of nitrogens with one attached hydrogen (secondary N) is 1. The molecule has 2 aromatic rings. The fourth-order valence-electron chi connectivity index (χ4n) is 5.60. The lowest BCUT2D eigenvalue weighted by molar-refractivity contribution is -0.195. The molecule has 33 heavy (non-hydrogen) atoms. The maximum Gasteiger partial charge on any atom is 0.221 e. The molecule has 0 aromatic heterocycles. The Morgan fingerprint density at radius 1 is 1.18 bits per heavy atom. The first-order valence-electron chi connectivity index (χ1n) is 11.8. The van der Waals surface area contributed by atoms with Gasteiger partial charge in [0, 0.05) is 36.8 Å². The first-order chi connectivity index (χ1) is 15.8. The lowest BCUT2D eigenvalue weighted by Gasteiger charge is -2.35. The van der Waals surface area contributed by atoms with Crippen LogP contribution in [0, 0.1) is 0 Å². The topological polar surface area (TPSA) is 71.1 Å². The summed E-state index contributed by atoms with van der Waals surface area (Å²) in [4.78, 5) is 15.9. The van der Waals surface area contributed by atoms with Gasteiger partial charge in [-0.2, -0.15) is 4.89 Å². The summed E-state index contributed by atoms with van der Waals surface area (Å²) in [6.45, 7) is 8.21. The number of sulfonamides is 1. The summed E-state index contributed by atoms with van der Waals surface area (Å²) in [6.07, 6.45) is 4.61.